The van der Waals surface area contributed by atoms with Gasteiger partial charge in [-0.05, 0) is 42.0 Å². The Morgan fingerprint density at radius 2 is 2.23 bits per heavy atom. The van der Waals surface area contributed by atoms with E-state index in [2.05, 4.69) is 5.32 Å². The van der Waals surface area contributed by atoms with Crippen molar-refractivity contribution in [3.63, 3.8) is 0 Å². The summed E-state index contributed by atoms with van der Waals surface area (Å²) in [5.41, 5.74) is 2.30. The molecule has 0 aliphatic carbocycles. The van der Waals surface area contributed by atoms with Crippen LogP contribution in [-0.2, 0) is 21.2 Å². The Balaban J connectivity index is 2.08. The predicted octanol–water partition coefficient (Wildman–Crippen LogP) is 1.77. The number of carbonyl (C=O) groups is 1. The van der Waals surface area contributed by atoms with Crippen LogP contribution < -0.4 is 5.32 Å². The number of nitrogens with zero attached hydrogens (tertiary/aromatic N) is 1. The number of nitrogens with one attached hydrogen (secondary N) is 1. The van der Waals surface area contributed by atoms with E-state index in [-0.39, 0.29) is 11.7 Å². The van der Waals surface area contributed by atoms with Gasteiger partial charge in [-0.25, -0.2) is 12.7 Å². The molecule has 1 aromatic carbocycles. The zero-order chi connectivity index (χ0) is 16.2. The second-order valence-corrected chi connectivity index (χ2v) is 8.12. The second kappa shape index (κ2) is 7.44. The van der Waals surface area contributed by atoms with Crippen LogP contribution in [0.1, 0.15) is 30.4 Å². The van der Waals surface area contributed by atoms with E-state index in [1.165, 1.54) is 0 Å². The van der Waals surface area contributed by atoms with Crippen LogP contribution in [0.4, 0.5) is 0 Å². The molecular formula is C15H21ClN2O3S. The van der Waals surface area contributed by atoms with Crippen LogP contribution in [0.25, 0.3) is 0 Å². The summed E-state index contributed by atoms with van der Waals surface area (Å²) in [6.45, 7) is 3.36. The third kappa shape index (κ3) is 4.21. The van der Waals surface area contributed by atoms with Crippen molar-refractivity contribution in [1.82, 2.24) is 9.62 Å². The standard InChI is InChI=1S/C15H21ClN2O3S/c1-12-10-18(22(20,21)8-2-6-17-11-19)7-5-13-3-4-14(16)9-15(12)13/h3-4,9,11-12H,2,5-8,10H2,1H3,(H,17,19). The number of hydrogen-bond donors (Lipinski definition) is 1. The molecule has 5 nitrogen and oxygen atoms in total. The summed E-state index contributed by atoms with van der Waals surface area (Å²) in [7, 11) is -3.30. The highest BCUT2D eigenvalue weighted by molar-refractivity contribution is 7.89. The van der Waals surface area contributed by atoms with Gasteiger partial charge in [-0.2, -0.15) is 0 Å². The monoisotopic (exact) mass is 344 g/mol. The third-order valence-corrected chi connectivity index (χ3v) is 6.11. The molecule has 1 aliphatic heterocycles. The summed E-state index contributed by atoms with van der Waals surface area (Å²) >= 11 is 6.05. The zero-order valence-corrected chi connectivity index (χ0v) is 14.2. The Kier molecular flexibility index (Phi) is 5.83. The van der Waals surface area contributed by atoms with Gasteiger partial charge in [0.2, 0.25) is 16.4 Å². The van der Waals surface area contributed by atoms with Crippen LogP contribution >= 0.6 is 11.6 Å². The first kappa shape index (κ1) is 17.2. The lowest BCUT2D eigenvalue weighted by Crippen LogP contribution is -2.36. The number of halogens is 1. The third-order valence-electron chi connectivity index (χ3n) is 3.95. The van der Waals surface area contributed by atoms with E-state index >= 15 is 0 Å². The molecule has 0 saturated carbocycles. The summed E-state index contributed by atoms with van der Waals surface area (Å²) in [6, 6.07) is 5.77. The van der Waals surface area contributed by atoms with Crippen molar-refractivity contribution >= 4 is 28.0 Å². The van der Waals surface area contributed by atoms with Gasteiger partial charge in [0.1, 0.15) is 0 Å². The van der Waals surface area contributed by atoms with Crippen molar-refractivity contribution in [2.45, 2.75) is 25.7 Å². The highest BCUT2D eigenvalue weighted by Crippen LogP contribution is 2.29. The smallest absolute Gasteiger partial charge is 0.214 e. The molecule has 0 aromatic heterocycles. The molecule has 7 heteroatoms. The Morgan fingerprint density at radius 1 is 1.45 bits per heavy atom. The Labute approximate surface area is 136 Å². The molecule has 0 fully saturated rings. The maximum absolute atomic E-state index is 12.4. The number of hydrogen-bond acceptors (Lipinski definition) is 3. The minimum Gasteiger partial charge on any atom is -0.359 e. The van der Waals surface area contributed by atoms with Gasteiger partial charge in [-0.3, -0.25) is 4.79 Å². The molecule has 0 saturated heterocycles. The summed E-state index contributed by atoms with van der Waals surface area (Å²) in [6.07, 6.45) is 1.70. The molecule has 2 rings (SSSR count). The molecule has 1 aliphatic rings. The molecule has 1 aromatic rings. The summed E-state index contributed by atoms with van der Waals surface area (Å²) in [5.74, 6) is 0.163. The average molecular weight is 345 g/mol. The van der Waals surface area contributed by atoms with Crippen molar-refractivity contribution in [1.29, 1.82) is 0 Å². The molecule has 0 bridgehead atoms. The summed E-state index contributed by atoms with van der Waals surface area (Å²) < 4.78 is 26.5. The topological polar surface area (TPSA) is 66.5 Å². The van der Waals surface area contributed by atoms with E-state index in [0.29, 0.717) is 43.9 Å². The molecule has 122 valence electrons. The van der Waals surface area contributed by atoms with Gasteiger partial charge in [0.05, 0.1) is 5.75 Å². The van der Waals surface area contributed by atoms with E-state index in [0.717, 1.165) is 11.1 Å². The van der Waals surface area contributed by atoms with Crippen LogP contribution in [0, 0.1) is 0 Å². The number of fused-ring (bicyclic) bond motifs is 1. The van der Waals surface area contributed by atoms with Crippen molar-refractivity contribution in [2.24, 2.45) is 0 Å². The van der Waals surface area contributed by atoms with Crippen molar-refractivity contribution in [3.8, 4) is 0 Å². The van der Waals surface area contributed by atoms with Gasteiger partial charge in [-0.15, -0.1) is 0 Å². The quantitative estimate of drug-likeness (QED) is 0.631. The molecular weight excluding hydrogens is 324 g/mol. The highest BCUT2D eigenvalue weighted by atomic mass is 35.5. The fourth-order valence-electron chi connectivity index (χ4n) is 2.79. The zero-order valence-electron chi connectivity index (χ0n) is 12.6. The van der Waals surface area contributed by atoms with Crippen LogP contribution in [0.5, 0.6) is 0 Å². The summed E-state index contributed by atoms with van der Waals surface area (Å²) in [4.78, 5) is 10.2. The van der Waals surface area contributed by atoms with E-state index in [4.69, 9.17) is 11.6 Å². The molecule has 0 radical (unpaired) electrons. The molecule has 0 spiro atoms. The van der Waals surface area contributed by atoms with E-state index in [9.17, 15) is 13.2 Å². The number of rotatable bonds is 6. The second-order valence-electron chi connectivity index (χ2n) is 5.59. The first-order valence-electron chi connectivity index (χ1n) is 7.37. The molecule has 1 N–H and O–H groups in total. The molecule has 1 heterocycles. The van der Waals surface area contributed by atoms with Crippen molar-refractivity contribution < 1.29 is 13.2 Å². The maximum Gasteiger partial charge on any atom is 0.214 e. The average Bonchev–Trinajstić information content (AvgIpc) is 2.64. The van der Waals surface area contributed by atoms with Gasteiger partial charge in [-0.1, -0.05) is 24.6 Å². The Hall–Kier alpha value is -1.11. The summed E-state index contributed by atoms with van der Waals surface area (Å²) in [5, 5.41) is 3.17. The van der Waals surface area contributed by atoms with E-state index in [1.54, 1.807) is 4.31 Å². The molecule has 1 atom stereocenters. The molecule has 22 heavy (non-hydrogen) atoms. The Morgan fingerprint density at radius 3 is 2.95 bits per heavy atom. The van der Waals surface area contributed by atoms with E-state index < -0.39 is 10.0 Å². The van der Waals surface area contributed by atoms with Gasteiger partial charge >= 0.3 is 0 Å². The first-order chi connectivity index (χ1) is 10.4. The largest absolute Gasteiger partial charge is 0.359 e. The van der Waals surface area contributed by atoms with Crippen molar-refractivity contribution in [2.75, 3.05) is 25.4 Å². The predicted molar refractivity (Wildman–Crippen MR) is 87.6 cm³/mol. The number of amides is 1. The van der Waals surface area contributed by atoms with Gasteiger partial charge in [0, 0.05) is 24.7 Å². The lowest BCUT2D eigenvalue weighted by molar-refractivity contribution is -0.109. The van der Waals surface area contributed by atoms with Crippen molar-refractivity contribution in [3.05, 3.63) is 34.3 Å². The molecule has 1 amide bonds. The van der Waals surface area contributed by atoms with Crippen LogP contribution in [-0.4, -0.2) is 44.5 Å². The minimum absolute atomic E-state index is 0.0532. The minimum atomic E-state index is -3.30. The highest BCUT2D eigenvalue weighted by Gasteiger charge is 2.27. The SMILES string of the molecule is CC1CN(S(=O)(=O)CCCNC=O)CCc2ccc(Cl)cc21. The van der Waals surface area contributed by atoms with Gasteiger partial charge in [0.15, 0.2) is 0 Å². The first-order valence-corrected chi connectivity index (χ1v) is 9.36. The number of benzene rings is 1. The fourth-order valence-corrected chi connectivity index (χ4v) is 4.56. The molecule has 1 unspecified atom stereocenters. The van der Waals surface area contributed by atoms with Crippen LogP contribution in [0.15, 0.2) is 18.2 Å². The number of carbonyl (C=O) groups excluding carboxylic acids is 1. The fraction of sp³-hybridized carbons (Fsp3) is 0.533. The Bertz CT molecular complexity index is 634. The van der Waals surface area contributed by atoms with Gasteiger partial charge in [0.25, 0.3) is 0 Å². The maximum atomic E-state index is 12.4. The lowest BCUT2D eigenvalue weighted by atomic mass is 9.96. The van der Waals surface area contributed by atoms with Crippen LogP contribution in [0.3, 0.4) is 0 Å². The van der Waals surface area contributed by atoms with Gasteiger partial charge < -0.3 is 5.32 Å². The van der Waals surface area contributed by atoms with Crippen LogP contribution in [0.2, 0.25) is 5.02 Å². The number of sulfonamides is 1. The normalized spacial score (nSPS) is 19.3. The lowest BCUT2D eigenvalue weighted by Gasteiger charge is -2.22. The van der Waals surface area contributed by atoms with E-state index in [1.807, 2.05) is 25.1 Å².